The van der Waals surface area contributed by atoms with E-state index in [2.05, 4.69) is 23.7 Å². The van der Waals surface area contributed by atoms with Crippen LogP contribution in [-0.4, -0.2) is 33.3 Å². The maximum atomic E-state index is 13.3. The Balaban J connectivity index is 1.46. The summed E-state index contributed by atoms with van der Waals surface area (Å²) in [7, 11) is 0. The molecule has 0 radical (unpaired) electrons. The van der Waals surface area contributed by atoms with Crippen molar-refractivity contribution in [1.82, 2.24) is 14.7 Å². The first-order chi connectivity index (χ1) is 16.1. The Kier molecular flexibility index (Phi) is 5.75. The Morgan fingerprint density at radius 2 is 1.91 bits per heavy atom. The molecule has 0 spiro atoms. The van der Waals surface area contributed by atoms with Gasteiger partial charge in [-0.2, -0.15) is 5.10 Å². The van der Waals surface area contributed by atoms with Gasteiger partial charge in [-0.15, -0.1) is 0 Å². The number of amides is 2. The fourth-order valence-corrected chi connectivity index (χ4v) is 5.07. The highest BCUT2D eigenvalue weighted by Crippen LogP contribution is 2.34. The van der Waals surface area contributed by atoms with Crippen molar-refractivity contribution in [3.8, 4) is 0 Å². The molecule has 1 saturated carbocycles. The third-order valence-corrected chi connectivity index (χ3v) is 6.81. The van der Waals surface area contributed by atoms with Crippen LogP contribution in [0.25, 0.3) is 17.0 Å². The number of cyclic esters (lactones) is 1. The van der Waals surface area contributed by atoms with Crippen molar-refractivity contribution in [3.05, 3.63) is 70.9 Å². The second-order valence-corrected chi connectivity index (χ2v) is 8.97. The number of aryl methyl sites for hydroxylation is 1. The van der Waals surface area contributed by atoms with Crippen molar-refractivity contribution in [1.29, 1.82) is 0 Å². The van der Waals surface area contributed by atoms with E-state index in [-0.39, 0.29) is 12.5 Å². The zero-order chi connectivity index (χ0) is 22.9. The van der Waals surface area contributed by atoms with E-state index in [9.17, 15) is 9.59 Å². The van der Waals surface area contributed by atoms with Gasteiger partial charge < -0.3 is 4.74 Å². The average molecular weight is 444 g/mol. The third kappa shape index (κ3) is 3.94. The molecule has 1 saturated heterocycles. The molecule has 0 unspecified atom stereocenters. The van der Waals surface area contributed by atoms with Gasteiger partial charge in [0.2, 0.25) is 0 Å². The van der Waals surface area contributed by atoms with Gasteiger partial charge in [0.05, 0.1) is 17.3 Å². The van der Waals surface area contributed by atoms with Crippen LogP contribution in [-0.2, 0) is 16.0 Å². The van der Waals surface area contributed by atoms with Gasteiger partial charge in [0.15, 0.2) is 0 Å². The van der Waals surface area contributed by atoms with Gasteiger partial charge in [-0.3, -0.25) is 9.48 Å². The summed E-state index contributed by atoms with van der Waals surface area (Å²) >= 11 is 0. The molecule has 2 aliphatic rings. The van der Waals surface area contributed by atoms with Gasteiger partial charge in [-0.25, -0.2) is 9.69 Å². The second-order valence-electron chi connectivity index (χ2n) is 8.97. The second kappa shape index (κ2) is 8.85. The fourth-order valence-electron chi connectivity index (χ4n) is 5.07. The topological polar surface area (TPSA) is 64.4 Å². The summed E-state index contributed by atoms with van der Waals surface area (Å²) < 4.78 is 7.42. The van der Waals surface area contributed by atoms with E-state index in [4.69, 9.17) is 9.84 Å². The minimum atomic E-state index is -0.594. The lowest BCUT2D eigenvalue weighted by atomic mass is 10.0. The number of fused-ring (bicyclic) bond motifs is 1. The van der Waals surface area contributed by atoms with Gasteiger partial charge in [0.25, 0.3) is 5.91 Å². The normalized spacial score (nSPS) is 19.5. The zero-order valence-electron chi connectivity index (χ0n) is 19.2. The van der Waals surface area contributed by atoms with Crippen molar-refractivity contribution in [2.75, 3.05) is 6.61 Å². The molecule has 170 valence electrons. The molecule has 0 bridgehead atoms. The summed E-state index contributed by atoms with van der Waals surface area (Å²) in [5.74, 6) is -0.329. The van der Waals surface area contributed by atoms with Crippen LogP contribution < -0.4 is 0 Å². The lowest BCUT2D eigenvalue weighted by Crippen LogP contribution is -2.34. The van der Waals surface area contributed by atoms with Crippen molar-refractivity contribution in [2.45, 2.75) is 58.0 Å². The van der Waals surface area contributed by atoms with Crippen LogP contribution in [0.2, 0.25) is 0 Å². The number of carbonyl (C=O) groups excluding carboxylic acids is 2. The van der Waals surface area contributed by atoms with Crippen molar-refractivity contribution in [3.63, 3.8) is 0 Å². The Bertz CT molecular complexity index is 1220. The molecule has 6 nitrogen and oxygen atoms in total. The third-order valence-electron chi connectivity index (χ3n) is 6.81. The summed E-state index contributed by atoms with van der Waals surface area (Å²) in [6.45, 7) is 4.07. The summed E-state index contributed by atoms with van der Waals surface area (Å²) in [4.78, 5) is 26.9. The highest BCUT2D eigenvalue weighted by molar-refractivity contribution is 6.06. The molecule has 2 amide bonds. The summed E-state index contributed by atoms with van der Waals surface area (Å²) in [6.07, 6.45) is 6.97. The Labute approximate surface area is 193 Å². The Hall–Kier alpha value is -3.41. The van der Waals surface area contributed by atoms with Crippen LogP contribution >= 0.6 is 0 Å². The maximum absolute atomic E-state index is 13.3. The minimum Gasteiger partial charge on any atom is -0.446 e. The van der Waals surface area contributed by atoms with E-state index < -0.39 is 12.1 Å². The molecule has 1 aromatic heterocycles. The van der Waals surface area contributed by atoms with Gasteiger partial charge >= 0.3 is 6.09 Å². The monoisotopic (exact) mass is 443 g/mol. The van der Waals surface area contributed by atoms with Crippen molar-refractivity contribution in [2.24, 2.45) is 0 Å². The molecular formula is C27H29N3O3. The molecule has 2 fully saturated rings. The van der Waals surface area contributed by atoms with Crippen LogP contribution in [0, 0.1) is 0 Å². The standard InChI is InChI=1S/C27H29N3O3/c1-3-23-22-14-13-19(16-24(22)30(28-23)21-11-7-8-12-21)15-18(2)26(31)29-25(17-33-27(29)32)20-9-5-4-6-10-20/h4-6,9-10,13-16,21,25H,3,7-8,11-12,17H2,1-2H3/b18-15+/t25-/m0/s1. The molecular weight excluding hydrogens is 414 g/mol. The lowest BCUT2D eigenvalue weighted by Gasteiger charge is -2.20. The average Bonchev–Trinajstić information content (AvgIpc) is 3.57. The van der Waals surface area contributed by atoms with Crippen molar-refractivity contribution < 1.29 is 14.3 Å². The molecule has 5 rings (SSSR count). The maximum Gasteiger partial charge on any atom is 0.417 e. The summed E-state index contributed by atoms with van der Waals surface area (Å²) in [5, 5.41) is 6.10. The Morgan fingerprint density at radius 1 is 1.15 bits per heavy atom. The number of ether oxygens (including phenoxy) is 1. The molecule has 33 heavy (non-hydrogen) atoms. The number of carbonyl (C=O) groups is 2. The van der Waals surface area contributed by atoms with E-state index >= 15 is 0 Å². The van der Waals surface area contributed by atoms with Crippen LogP contribution in [0.15, 0.2) is 54.1 Å². The Morgan fingerprint density at radius 3 is 2.64 bits per heavy atom. The number of aromatic nitrogens is 2. The number of rotatable bonds is 5. The van der Waals surface area contributed by atoms with E-state index in [1.54, 1.807) is 6.92 Å². The number of hydrogen-bond acceptors (Lipinski definition) is 4. The number of hydrogen-bond donors (Lipinski definition) is 0. The highest BCUT2D eigenvalue weighted by Gasteiger charge is 2.39. The number of nitrogens with zero attached hydrogens (tertiary/aromatic N) is 3. The molecule has 6 heteroatoms. The van der Waals surface area contributed by atoms with E-state index in [0.717, 1.165) is 41.6 Å². The number of imide groups is 1. The quantitative estimate of drug-likeness (QED) is 0.465. The number of benzene rings is 2. The predicted octanol–water partition coefficient (Wildman–Crippen LogP) is 5.84. The predicted molar refractivity (Wildman–Crippen MR) is 128 cm³/mol. The van der Waals surface area contributed by atoms with Crippen LogP contribution in [0.1, 0.15) is 68.4 Å². The van der Waals surface area contributed by atoms with E-state index in [1.807, 2.05) is 42.5 Å². The largest absolute Gasteiger partial charge is 0.446 e. The van der Waals surface area contributed by atoms with Gasteiger partial charge in [0, 0.05) is 11.0 Å². The smallest absolute Gasteiger partial charge is 0.417 e. The molecule has 1 aliphatic heterocycles. The van der Waals surface area contributed by atoms with Gasteiger partial charge in [-0.05, 0) is 49.5 Å². The van der Waals surface area contributed by atoms with E-state index in [1.165, 1.54) is 23.1 Å². The highest BCUT2D eigenvalue weighted by atomic mass is 16.6. The summed E-state index contributed by atoms with van der Waals surface area (Å²) in [5.41, 5.74) is 4.55. The lowest BCUT2D eigenvalue weighted by molar-refractivity contribution is -0.125. The van der Waals surface area contributed by atoms with E-state index in [0.29, 0.717) is 11.6 Å². The van der Waals surface area contributed by atoms with Crippen molar-refractivity contribution >= 4 is 29.0 Å². The first-order valence-corrected chi connectivity index (χ1v) is 11.8. The molecule has 1 aliphatic carbocycles. The van der Waals surface area contributed by atoms with Crippen LogP contribution in [0.4, 0.5) is 4.79 Å². The first kappa shape index (κ1) is 21.4. The summed E-state index contributed by atoms with van der Waals surface area (Å²) in [6, 6.07) is 15.8. The molecule has 2 heterocycles. The van der Waals surface area contributed by atoms with Gasteiger partial charge in [-0.1, -0.05) is 62.2 Å². The van der Waals surface area contributed by atoms with Crippen LogP contribution in [0.3, 0.4) is 0 Å². The zero-order valence-corrected chi connectivity index (χ0v) is 19.2. The molecule has 0 N–H and O–H groups in total. The fraction of sp³-hybridized carbons (Fsp3) is 0.370. The molecule has 3 aromatic rings. The SMILES string of the molecule is CCc1nn(C2CCCC2)c2cc(/C=C(\C)C(=O)N3C(=O)OC[C@H]3c3ccccc3)ccc12. The first-order valence-electron chi connectivity index (χ1n) is 11.8. The van der Waals surface area contributed by atoms with Gasteiger partial charge in [0.1, 0.15) is 12.6 Å². The minimum absolute atomic E-state index is 0.175. The molecule has 1 atom stereocenters. The van der Waals surface area contributed by atoms with Crippen LogP contribution in [0.5, 0.6) is 0 Å². The molecule has 2 aromatic carbocycles.